The number of rotatable bonds is 4. The number of anilines is 1. The zero-order valence-electron chi connectivity index (χ0n) is 10.7. The highest BCUT2D eigenvalue weighted by atomic mass is 16.1. The predicted octanol–water partition coefficient (Wildman–Crippen LogP) is 2.53. The number of hydrogen-bond donors (Lipinski definition) is 1. The Bertz CT molecular complexity index is 555. The van der Waals surface area contributed by atoms with Crippen LogP contribution >= 0.6 is 0 Å². The van der Waals surface area contributed by atoms with E-state index in [1.54, 1.807) is 4.68 Å². The van der Waals surface area contributed by atoms with Crippen molar-refractivity contribution in [3.05, 3.63) is 35.4 Å². The second-order valence-corrected chi connectivity index (χ2v) is 4.13. The van der Waals surface area contributed by atoms with Crippen LogP contribution in [0, 0.1) is 0 Å². The van der Waals surface area contributed by atoms with E-state index >= 15 is 0 Å². The number of aromatic nitrogens is 2. The molecule has 0 aliphatic heterocycles. The largest absolute Gasteiger partial charge is 0.383 e. The van der Waals surface area contributed by atoms with Gasteiger partial charge in [-0.2, -0.15) is 5.10 Å². The monoisotopic (exact) mass is 243 g/mol. The van der Waals surface area contributed by atoms with E-state index in [1.165, 1.54) is 5.56 Å². The molecule has 94 valence electrons. The summed E-state index contributed by atoms with van der Waals surface area (Å²) in [6.45, 7) is 4.71. The molecule has 2 rings (SSSR count). The summed E-state index contributed by atoms with van der Waals surface area (Å²) in [6, 6.07) is 8.05. The first-order chi connectivity index (χ1) is 8.71. The van der Waals surface area contributed by atoms with Crippen LogP contribution in [0.1, 0.15) is 29.8 Å². The molecule has 0 saturated carbocycles. The predicted molar refractivity (Wildman–Crippen MR) is 72.5 cm³/mol. The van der Waals surface area contributed by atoms with Crippen molar-refractivity contribution in [2.45, 2.75) is 26.8 Å². The maximum atomic E-state index is 11.1. The average Bonchev–Trinajstić information content (AvgIpc) is 2.75. The lowest BCUT2D eigenvalue weighted by Gasteiger charge is -2.00. The molecule has 2 N–H and O–H groups in total. The first-order valence-electron chi connectivity index (χ1n) is 6.12. The molecule has 0 aliphatic rings. The molecule has 4 heteroatoms. The van der Waals surface area contributed by atoms with Crippen molar-refractivity contribution in [1.82, 2.24) is 9.78 Å². The van der Waals surface area contributed by atoms with Crippen molar-refractivity contribution in [2.75, 3.05) is 5.73 Å². The quantitative estimate of drug-likeness (QED) is 0.839. The molecular formula is C14H17N3O. The van der Waals surface area contributed by atoms with Gasteiger partial charge in [0.05, 0.1) is 5.56 Å². The summed E-state index contributed by atoms with van der Waals surface area (Å²) in [5.74, 6) is 0.432. The number of nitrogen functional groups attached to an aromatic ring is 1. The van der Waals surface area contributed by atoms with E-state index in [2.05, 4.69) is 12.0 Å². The van der Waals surface area contributed by atoms with Gasteiger partial charge in [0.25, 0.3) is 0 Å². The van der Waals surface area contributed by atoms with Gasteiger partial charge in [0.15, 0.2) is 6.29 Å². The summed E-state index contributed by atoms with van der Waals surface area (Å²) in [5.41, 5.74) is 9.20. The Hall–Kier alpha value is -2.10. The van der Waals surface area contributed by atoms with Crippen molar-refractivity contribution < 1.29 is 4.79 Å². The summed E-state index contributed by atoms with van der Waals surface area (Å²) in [7, 11) is 0. The van der Waals surface area contributed by atoms with Crippen LogP contribution in [0.5, 0.6) is 0 Å². The van der Waals surface area contributed by atoms with E-state index in [0.29, 0.717) is 23.6 Å². The molecular weight excluding hydrogens is 226 g/mol. The van der Waals surface area contributed by atoms with Gasteiger partial charge in [0.1, 0.15) is 11.5 Å². The van der Waals surface area contributed by atoms with E-state index in [9.17, 15) is 4.79 Å². The highest BCUT2D eigenvalue weighted by Gasteiger charge is 2.15. The van der Waals surface area contributed by atoms with Gasteiger partial charge >= 0.3 is 0 Å². The fourth-order valence-corrected chi connectivity index (χ4v) is 1.96. The molecule has 0 atom stereocenters. The Morgan fingerprint density at radius 3 is 2.44 bits per heavy atom. The SMILES string of the molecule is CCc1ccc(-c2nn(CC)c(N)c2C=O)cc1. The van der Waals surface area contributed by atoms with Crippen LogP contribution < -0.4 is 5.73 Å². The third-order valence-corrected chi connectivity index (χ3v) is 3.08. The van der Waals surface area contributed by atoms with E-state index in [4.69, 9.17) is 5.73 Å². The molecule has 18 heavy (non-hydrogen) atoms. The first-order valence-corrected chi connectivity index (χ1v) is 6.12. The molecule has 4 nitrogen and oxygen atoms in total. The smallest absolute Gasteiger partial charge is 0.156 e. The van der Waals surface area contributed by atoms with E-state index in [0.717, 1.165) is 18.3 Å². The van der Waals surface area contributed by atoms with Crippen molar-refractivity contribution in [2.24, 2.45) is 0 Å². The summed E-state index contributed by atoms with van der Waals surface area (Å²) in [6.07, 6.45) is 1.77. The first kappa shape index (κ1) is 12.4. The van der Waals surface area contributed by atoms with Gasteiger partial charge in [-0.25, -0.2) is 4.68 Å². The molecule has 1 aromatic carbocycles. The number of nitrogens with zero attached hydrogens (tertiary/aromatic N) is 2. The zero-order valence-corrected chi connectivity index (χ0v) is 10.7. The molecule has 0 amide bonds. The van der Waals surface area contributed by atoms with Crippen molar-refractivity contribution in [3.8, 4) is 11.3 Å². The summed E-state index contributed by atoms with van der Waals surface area (Å²) >= 11 is 0. The van der Waals surface area contributed by atoms with Gasteiger partial charge in [-0.05, 0) is 18.9 Å². The molecule has 0 fully saturated rings. The summed E-state index contributed by atoms with van der Waals surface area (Å²) < 4.78 is 1.65. The Balaban J connectivity index is 2.52. The van der Waals surface area contributed by atoms with Gasteiger partial charge in [-0.3, -0.25) is 4.79 Å². The van der Waals surface area contributed by atoms with Crippen molar-refractivity contribution >= 4 is 12.1 Å². The lowest BCUT2D eigenvalue weighted by Crippen LogP contribution is -2.02. The molecule has 1 heterocycles. The van der Waals surface area contributed by atoms with E-state index < -0.39 is 0 Å². The molecule has 0 radical (unpaired) electrons. The van der Waals surface area contributed by atoms with Crippen LogP contribution in [0.3, 0.4) is 0 Å². The van der Waals surface area contributed by atoms with Gasteiger partial charge in [-0.1, -0.05) is 31.2 Å². The molecule has 1 aromatic heterocycles. The molecule has 0 saturated heterocycles. The standard InChI is InChI=1S/C14H17N3O/c1-3-10-5-7-11(8-6-10)13-12(9-18)14(15)17(4-2)16-13/h5-9H,3-4,15H2,1-2H3. The fourth-order valence-electron chi connectivity index (χ4n) is 1.96. The second kappa shape index (κ2) is 5.04. The van der Waals surface area contributed by atoms with Crippen molar-refractivity contribution in [1.29, 1.82) is 0 Å². The van der Waals surface area contributed by atoms with Crippen LogP contribution in [0.4, 0.5) is 5.82 Å². The molecule has 2 aromatic rings. The van der Waals surface area contributed by atoms with Crippen LogP contribution in [0.25, 0.3) is 11.3 Å². The highest BCUT2D eigenvalue weighted by Crippen LogP contribution is 2.26. The van der Waals surface area contributed by atoms with E-state index in [-0.39, 0.29) is 0 Å². The molecule has 0 aliphatic carbocycles. The van der Waals surface area contributed by atoms with Gasteiger partial charge in [0, 0.05) is 12.1 Å². The minimum absolute atomic E-state index is 0.432. The third kappa shape index (κ3) is 2.01. The second-order valence-electron chi connectivity index (χ2n) is 4.13. The molecule has 0 bridgehead atoms. The lowest BCUT2D eigenvalue weighted by atomic mass is 10.1. The Labute approximate surface area is 106 Å². The summed E-state index contributed by atoms with van der Waals surface area (Å²) in [4.78, 5) is 11.1. The number of carbonyl (C=O) groups excluding carboxylic acids is 1. The number of aryl methyl sites for hydroxylation is 2. The molecule has 0 unspecified atom stereocenters. The normalized spacial score (nSPS) is 10.6. The van der Waals surface area contributed by atoms with Crippen LogP contribution in [-0.4, -0.2) is 16.1 Å². The topological polar surface area (TPSA) is 60.9 Å². The minimum atomic E-state index is 0.432. The minimum Gasteiger partial charge on any atom is -0.383 e. The van der Waals surface area contributed by atoms with Crippen LogP contribution in [-0.2, 0) is 13.0 Å². The number of benzene rings is 1. The maximum absolute atomic E-state index is 11.1. The Morgan fingerprint density at radius 1 is 1.28 bits per heavy atom. The maximum Gasteiger partial charge on any atom is 0.156 e. The number of carbonyl (C=O) groups is 1. The van der Waals surface area contributed by atoms with Crippen LogP contribution in [0.2, 0.25) is 0 Å². The van der Waals surface area contributed by atoms with Gasteiger partial charge < -0.3 is 5.73 Å². The average molecular weight is 243 g/mol. The number of hydrogen-bond acceptors (Lipinski definition) is 3. The van der Waals surface area contributed by atoms with Gasteiger partial charge in [-0.15, -0.1) is 0 Å². The summed E-state index contributed by atoms with van der Waals surface area (Å²) in [5, 5.41) is 4.39. The highest BCUT2D eigenvalue weighted by molar-refractivity contribution is 5.91. The van der Waals surface area contributed by atoms with Crippen molar-refractivity contribution in [3.63, 3.8) is 0 Å². The fraction of sp³-hybridized carbons (Fsp3) is 0.286. The number of aldehydes is 1. The Kier molecular flexibility index (Phi) is 3.46. The van der Waals surface area contributed by atoms with Gasteiger partial charge in [0.2, 0.25) is 0 Å². The lowest BCUT2D eigenvalue weighted by molar-refractivity contribution is 0.112. The molecule has 0 spiro atoms. The van der Waals surface area contributed by atoms with Crippen LogP contribution in [0.15, 0.2) is 24.3 Å². The number of nitrogens with two attached hydrogens (primary N) is 1. The van der Waals surface area contributed by atoms with E-state index in [1.807, 2.05) is 31.2 Å². The third-order valence-electron chi connectivity index (χ3n) is 3.08. The zero-order chi connectivity index (χ0) is 13.1. The Morgan fingerprint density at radius 2 is 1.94 bits per heavy atom.